The molecule has 0 N–H and O–H groups in total. The van der Waals surface area contributed by atoms with Gasteiger partial charge in [0.25, 0.3) is 0 Å². The fourth-order valence-corrected chi connectivity index (χ4v) is 5.16. The normalized spacial score (nSPS) is 14.4. The Hall–Kier alpha value is -3.35. The third-order valence-corrected chi connectivity index (χ3v) is 6.91. The number of benzene rings is 2. The third-order valence-electron chi connectivity index (χ3n) is 6.91. The zero-order valence-electron chi connectivity index (χ0n) is 22.5. The zero-order valence-corrected chi connectivity index (χ0v) is 22.5. The molecule has 198 valence electrons. The third kappa shape index (κ3) is 6.51. The number of ketones is 1. The predicted octanol–water partition coefficient (Wildman–Crippen LogP) is 5.36. The second-order valence-corrected chi connectivity index (χ2v) is 10.9. The van der Waals surface area contributed by atoms with Crippen molar-refractivity contribution in [1.82, 2.24) is 4.90 Å². The molecular formula is C30H38N2O5. The molecule has 0 aromatic heterocycles. The van der Waals surface area contributed by atoms with E-state index in [0.29, 0.717) is 50.8 Å². The molecule has 2 heterocycles. The van der Waals surface area contributed by atoms with Gasteiger partial charge in [-0.2, -0.15) is 0 Å². The summed E-state index contributed by atoms with van der Waals surface area (Å²) in [6, 6.07) is 11.7. The second-order valence-electron chi connectivity index (χ2n) is 10.9. The van der Waals surface area contributed by atoms with Crippen molar-refractivity contribution in [1.29, 1.82) is 0 Å². The van der Waals surface area contributed by atoms with Crippen molar-refractivity contribution in [2.75, 3.05) is 31.6 Å². The predicted molar refractivity (Wildman–Crippen MR) is 144 cm³/mol. The number of carbonyl (C=O) groups is 3. The van der Waals surface area contributed by atoms with Gasteiger partial charge in [0, 0.05) is 31.6 Å². The van der Waals surface area contributed by atoms with Gasteiger partial charge in [-0.15, -0.1) is 0 Å². The van der Waals surface area contributed by atoms with Crippen LogP contribution in [0.1, 0.15) is 73.5 Å². The molecule has 37 heavy (non-hydrogen) atoms. The molecule has 2 aromatic rings. The summed E-state index contributed by atoms with van der Waals surface area (Å²) in [5.41, 5.74) is 4.29. The van der Waals surface area contributed by atoms with Crippen LogP contribution in [0.25, 0.3) is 0 Å². The van der Waals surface area contributed by atoms with E-state index in [9.17, 15) is 14.4 Å². The number of methoxy groups -OCH3 is 1. The number of aryl methyl sites for hydroxylation is 1. The average Bonchev–Trinajstić information content (AvgIpc) is 3.18. The van der Waals surface area contributed by atoms with Gasteiger partial charge in [0.1, 0.15) is 11.4 Å². The van der Waals surface area contributed by atoms with Crippen molar-refractivity contribution in [3.63, 3.8) is 0 Å². The molecule has 7 nitrogen and oxygen atoms in total. The van der Waals surface area contributed by atoms with Gasteiger partial charge in [-0.1, -0.05) is 18.2 Å². The van der Waals surface area contributed by atoms with Gasteiger partial charge < -0.3 is 19.3 Å². The Labute approximate surface area is 219 Å². The highest BCUT2D eigenvalue weighted by Gasteiger charge is 2.33. The van der Waals surface area contributed by atoms with E-state index in [2.05, 4.69) is 0 Å². The zero-order chi connectivity index (χ0) is 26.6. The molecule has 0 aliphatic carbocycles. The van der Waals surface area contributed by atoms with Crippen LogP contribution in [0.3, 0.4) is 0 Å². The molecule has 0 bridgehead atoms. The second kappa shape index (κ2) is 11.4. The minimum Gasteiger partial charge on any atom is -0.496 e. The lowest BCUT2D eigenvalue weighted by atomic mass is 9.94. The average molecular weight is 507 g/mol. The molecule has 0 radical (unpaired) electrons. The molecule has 2 amide bonds. The first-order chi connectivity index (χ1) is 17.7. The van der Waals surface area contributed by atoms with Crippen LogP contribution in [0.5, 0.6) is 5.75 Å². The number of Topliss-reactive ketones (excluding diaryl/α,β-unsaturated/α-hetero) is 1. The lowest BCUT2D eigenvalue weighted by Crippen LogP contribution is -2.38. The topological polar surface area (TPSA) is 76.2 Å². The highest BCUT2D eigenvalue weighted by molar-refractivity contribution is 6.05. The van der Waals surface area contributed by atoms with Crippen LogP contribution in [0.15, 0.2) is 36.4 Å². The van der Waals surface area contributed by atoms with E-state index in [4.69, 9.17) is 9.47 Å². The summed E-state index contributed by atoms with van der Waals surface area (Å²) < 4.78 is 11.1. The molecule has 2 aliphatic rings. The number of carbonyl (C=O) groups excluding carboxylic acids is 3. The van der Waals surface area contributed by atoms with Crippen LogP contribution >= 0.6 is 0 Å². The molecule has 2 aromatic carbocycles. The molecule has 0 saturated heterocycles. The maximum absolute atomic E-state index is 13.0. The fourth-order valence-electron chi connectivity index (χ4n) is 5.16. The van der Waals surface area contributed by atoms with E-state index < -0.39 is 5.60 Å². The summed E-state index contributed by atoms with van der Waals surface area (Å²) in [6.45, 7) is 7.37. The van der Waals surface area contributed by atoms with E-state index >= 15 is 0 Å². The summed E-state index contributed by atoms with van der Waals surface area (Å²) in [6.07, 6.45) is 4.31. The summed E-state index contributed by atoms with van der Waals surface area (Å²) in [5, 5.41) is 0. The van der Waals surface area contributed by atoms with Gasteiger partial charge >= 0.3 is 6.09 Å². The van der Waals surface area contributed by atoms with E-state index in [1.54, 1.807) is 12.0 Å². The Morgan fingerprint density at radius 1 is 1.05 bits per heavy atom. The quantitative estimate of drug-likeness (QED) is 0.320. The smallest absolute Gasteiger partial charge is 0.410 e. The Morgan fingerprint density at radius 2 is 1.81 bits per heavy atom. The minimum absolute atomic E-state index is 0.0911. The minimum atomic E-state index is -0.583. The van der Waals surface area contributed by atoms with Crippen molar-refractivity contribution in [3.8, 4) is 5.75 Å². The van der Waals surface area contributed by atoms with Gasteiger partial charge in [0.15, 0.2) is 5.78 Å². The molecule has 0 fully saturated rings. The van der Waals surface area contributed by atoms with Gasteiger partial charge in [0.2, 0.25) is 5.91 Å². The van der Waals surface area contributed by atoms with Crippen molar-refractivity contribution in [2.45, 2.75) is 71.3 Å². The van der Waals surface area contributed by atoms with E-state index in [1.807, 2.05) is 62.1 Å². The first-order valence-electron chi connectivity index (χ1n) is 13.3. The number of amides is 2. The van der Waals surface area contributed by atoms with Crippen molar-refractivity contribution >= 4 is 23.5 Å². The van der Waals surface area contributed by atoms with Gasteiger partial charge in [-0.25, -0.2) is 4.79 Å². The highest BCUT2D eigenvalue weighted by Crippen LogP contribution is 2.37. The molecular weight excluding hydrogens is 468 g/mol. The first-order valence-corrected chi connectivity index (χ1v) is 13.3. The number of para-hydroxylation sites is 1. The number of unbranched alkanes of at least 4 members (excludes halogenated alkanes) is 1. The number of hydrogen-bond acceptors (Lipinski definition) is 5. The molecule has 4 rings (SSSR count). The maximum atomic E-state index is 13.0. The Bertz CT molecular complexity index is 1170. The van der Waals surface area contributed by atoms with Gasteiger partial charge in [0.05, 0.1) is 19.2 Å². The summed E-state index contributed by atoms with van der Waals surface area (Å²) >= 11 is 0. The van der Waals surface area contributed by atoms with Crippen LogP contribution in [0.4, 0.5) is 10.5 Å². The fraction of sp³-hybridized carbons (Fsp3) is 0.500. The summed E-state index contributed by atoms with van der Waals surface area (Å²) in [4.78, 5) is 41.8. The van der Waals surface area contributed by atoms with Crippen LogP contribution in [-0.2, 0) is 28.8 Å². The van der Waals surface area contributed by atoms with Crippen molar-refractivity contribution in [2.24, 2.45) is 0 Å². The van der Waals surface area contributed by atoms with Crippen molar-refractivity contribution in [3.05, 3.63) is 58.7 Å². The monoisotopic (exact) mass is 506 g/mol. The van der Waals surface area contributed by atoms with E-state index in [1.165, 1.54) is 0 Å². The lowest BCUT2D eigenvalue weighted by Gasteiger charge is -2.27. The first kappa shape index (κ1) is 26.7. The SMILES string of the molecule is COc1ccccc1CCN(CCCCC(=O)c1cc2c3c(c1)CC(=O)N3CCC2)C(=O)OC(C)(C)C. The van der Waals surface area contributed by atoms with E-state index in [-0.39, 0.29) is 17.8 Å². The molecule has 0 spiro atoms. The number of hydrogen-bond donors (Lipinski definition) is 0. The number of nitrogens with zero attached hydrogens (tertiary/aromatic N) is 2. The van der Waals surface area contributed by atoms with Crippen LogP contribution in [-0.4, -0.2) is 55.0 Å². The molecule has 0 saturated carbocycles. The molecule has 7 heteroatoms. The number of ether oxygens (including phenoxy) is 2. The van der Waals surface area contributed by atoms with E-state index in [0.717, 1.165) is 47.5 Å². The largest absolute Gasteiger partial charge is 0.496 e. The summed E-state index contributed by atoms with van der Waals surface area (Å²) in [7, 11) is 1.64. The van der Waals surface area contributed by atoms with Crippen LogP contribution in [0.2, 0.25) is 0 Å². The lowest BCUT2D eigenvalue weighted by molar-refractivity contribution is -0.117. The Morgan fingerprint density at radius 3 is 2.57 bits per heavy atom. The highest BCUT2D eigenvalue weighted by atomic mass is 16.6. The molecule has 0 atom stereocenters. The number of rotatable bonds is 10. The Kier molecular flexibility index (Phi) is 8.20. The number of anilines is 1. The standard InChI is InChI=1S/C30H38N2O5/c1-30(2,3)37-29(35)31(17-14-21-10-5-6-13-26(21)36-4)15-8-7-12-25(33)23-18-22-11-9-16-32-27(34)20-24(19-23)28(22)32/h5-6,10,13,18-19H,7-9,11-12,14-17,20H2,1-4H3. The maximum Gasteiger partial charge on any atom is 0.410 e. The summed E-state index contributed by atoms with van der Waals surface area (Å²) in [5.74, 6) is 1.03. The molecule has 2 aliphatic heterocycles. The van der Waals surface area contributed by atoms with Crippen molar-refractivity contribution < 1.29 is 23.9 Å². The van der Waals surface area contributed by atoms with Gasteiger partial charge in [-0.3, -0.25) is 9.59 Å². The van der Waals surface area contributed by atoms with Crippen LogP contribution < -0.4 is 9.64 Å². The molecule has 0 unspecified atom stereocenters. The Balaban J connectivity index is 1.34. The van der Waals surface area contributed by atoms with Gasteiger partial charge in [-0.05, 0) is 87.8 Å². The van der Waals surface area contributed by atoms with Crippen LogP contribution in [0, 0.1) is 0 Å².